The molecule has 0 aliphatic carbocycles. The van der Waals surface area contributed by atoms with Gasteiger partial charge in [-0.15, -0.1) is 0 Å². The maximum atomic E-state index is 13.0. The Morgan fingerprint density at radius 3 is 2.35 bits per heavy atom. The Morgan fingerprint density at radius 2 is 1.65 bits per heavy atom. The van der Waals surface area contributed by atoms with Crippen LogP contribution < -0.4 is 10.4 Å². The summed E-state index contributed by atoms with van der Waals surface area (Å²) < 4.78 is 43.0. The molecule has 2 heterocycles. The molecule has 2 aromatic carbocycles. The van der Waals surface area contributed by atoms with Crippen molar-refractivity contribution in [3.63, 3.8) is 0 Å². The first-order chi connectivity index (χ1) is 17.5. The number of rotatable bonds is 7. The lowest BCUT2D eigenvalue weighted by molar-refractivity contribution is -0.154. The van der Waals surface area contributed by atoms with Crippen molar-refractivity contribution in [3.05, 3.63) is 69.6 Å². The quantitative estimate of drug-likeness (QED) is 0.338. The lowest BCUT2D eigenvalue weighted by Gasteiger charge is -2.34. The van der Waals surface area contributed by atoms with Gasteiger partial charge in [0, 0.05) is 43.7 Å². The van der Waals surface area contributed by atoms with Gasteiger partial charge in [-0.1, -0.05) is 17.7 Å². The maximum absolute atomic E-state index is 13.0. The number of sulfonamides is 1. The van der Waals surface area contributed by atoms with Gasteiger partial charge in [-0.3, -0.25) is 4.79 Å². The zero-order valence-electron chi connectivity index (χ0n) is 20.9. The summed E-state index contributed by atoms with van der Waals surface area (Å²) in [5.74, 6) is -0.847. The van der Waals surface area contributed by atoms with Gasteiger partial charge in [0.15, 0.2) is 13.2 Å². The van der Waals surface area contributed by atoms with Crippen LogP contribution in [0.5, 0.6) is 5.75 Å². The van der Waals surface area contributed by atoms with Gasteiger partial charge >= 0.3 is 11.6 Å². The van der Waals surface area contributed by atoms with Crippen molar-refractivity contribution in [1.82, 2.24) is 9.21 Å². The number of nitrogens with zero attached hydrogens (tertiary/aromatic N) is 2. The van der Waals surface area contributed by atoms with Crippen LogP contribution in [-0.4, -0.2) is 68.9 Å². The van der Waals surface area contributed by atoms with Gasteiger partial charge < -0.3 is 18.8 Å². The number of hydrogen-bond donors (Lipinski definition) is 0. The van der Waals surface area contributed by atoms with Crippen molar-refractivity contribution in [2.24, 2.45) is 0 Å². The van der Waals surface area contributed by atoms with Crippen LogP contribution in [0.4, 0.5) is 0 Å². The van der Waals surface area contributed by atoms with E-state index in [1.54, 1.807) is 38.1 Å². The summed E-state index contributed by atoms with van der Waals surface area (Å²) in [6.45, 7) is 5.23. The van der Waals surface area contributed by atoms with E-state index >= 15 is 0 Å². The first kappa shape index (κ1) is 26.4. The van der Waals surface area contributed by atoms with E-state index in [0.29, 0.717) is 16.9 Å². The number of hydrogen-bond acceptors (Lipinski definition) is 8. The molecular formula is C26H28N2O8S. The van der Waals surface area contributed by atoms with Gasteiger partial charge in [-0.05, 0) is 50.1 Å². The molecule has 3 aromatic rings. The minimum Gasteiger partial charge on any atom is -0.482 e. The molecule has 0 unspecified atom stereocenters. The summed E-state index contributed by atoms with van der Waals surface area (Å²) in [5, 5.41) is 0.752. The highest BCUT2D eigenvalue weighted by Crippen LogP contribution is 2.23. The fraction of sp³-hybridized carbons (Fsp3) is 0.346. The summed E-state index contributed by atoms with van der Waals surface area (Å²) in [7, 11) is -3.67. The number of carbonyl (C=O) groups excluding carboxylic acids is 2. The van der Waals surface area contributed by atoms with Gasteiger partial charge in [-0.2, -0.15) is 4.31 Å². The molecule has 0 spiro atoms. The summed E-state index contributed by atoms with van der Waals surface area (Å²) >= 11 is 0. The number of amides is 1. The predicted molar refractivity (Wildman–Crippen MR) is 135 cm³/mol. The standard InChI is InChI=1S/C26H28N2O8S/c1-17-4-7-23(19(3)12-17)37(32,33)28-10-8-27(9-11-28)24(29)15-35-26(31)16-34-20-5-6-21-18(2)13-25(30)36-22(21)14-20/h4-7,12-14H,8-11,15-16H2,1-3H3. The predicted octanol–water partition coefficient (Wildman–Crippen LogP) is 2.17. The normalized spacial score (nSPS) is 14.5. The number of benzene rings is 2. The number of ether oxygens (including phenoxy) is 2. The third-order valence-corrected chi connectivity index (χ3v) is 8.23. The van der Waals surface area contributed by atoms with Crippen molar-refractivity contribution < 1.29 is 31.9 Å². The molecule has 1 aliphatic rings. The molecule has 1 aliphatic heterocycles. The molecule has 196 valence electrons. The van der Waals surface area contributed by atoms with Gasteiger partial charge in [-0.25, -0.2) is 18.0 Å². The van der Waals surface area contributed by atoms with Crippen molar-refractivity contribution in [2.45, 2.75) is 25.7 Å². The molecule has 0 radical (unpaired) electrons. The van der Waals surface area contributed by atoms with Crippen molar-refractivity contribution in [1.29, 1.82) is 0 Å². The lowest BCUT2D eigenvalue weighted by Crippen LogP contribution is -2.51. The minimum atomic E-state index is -3.67. The Balaban J connectivity index is 1.25. The van der Waals surface area contributed by atoms with Crippen molar-refractivity contribution in [3.8, 4) is 5.75 Å². The van der Waals surface area contributed by atoms with Gasteiger partial charge in [0.2, 0.25) is 10.0 Å². The fourth-order valence-corrected chi connectivity index (χ4v) is 5.85. The topological polar surface area (TPSA) is 123 Å². The molecule has 0 bridgehead atoms. The third-order valence-electron chi connectivity index (χ3n) is 6.18. The second-order valence-corrected chi connectivity index (χ2v) is 10.8. The first-order valence-corrected chi connectivity index (χ1v) is 13.2. The third kappa shape index (κ3) is 6.00. The first-order valence-electron chi connectivity index (χ1n) is 11.7. The average Bonchev–Trinajstić information content (AvgIpc) is 2.85. The number of fused-ring (bicyclic) bond motifs is 1. The highest BCUT2D eigenvalue weighted by molar-refractivity contribution is 7.89. The Hall–Kier alpha value is -3.70. The molecular weight excluding hydrogens is 500 g/mol. The van der Waals surface area contributed by atoms with E-state index in [1.165, 1.54) is 21.3 Å². The fourth-order valence-electron chi connectivity index (χ4n) is 4.22. The zero-order valence-corrected chi connectivity index (χ0v) is 21.7. The summed E-state index contributed by atoms with van der Waals surface area (Å²) in [5.41, 5.74) is 2.27. The highest BCUT2D eigenvalue weighted by atomic mass is 32.2. The summed E-state index contributed by atoms with van der Waals surface area (Å²) in [6, 6.07) is 11.4. The van der Waals surface area contributed by atoms with Gasteiger partial charge in [0.25, 0.3) is 5.91 Å². The van der Waals surface area contributed by atoms with Crippen LogP contribution in [0.3, 0.4) is 0 Å². The molecule has 11 heteroatoms. The Morgan fingerprint density at radius 1 is 0.919 bits per heavy atom. The van der Waals surface area contributed by atoms with E-state index in [0.717, 1.165) is 16.5 Å². The smallest absolute Gasteiger partial charge is 0.344 e. The molecule has 1 fully saturated rings. The summed E-state index contributed by atoms with van der Waals surface area (Å²) in [4.78, 5) is 37.9. The van der Waals surface area contributed by atoms with E-state index in [2.05, 4.69) is 0 Å². The number of esters is 1. The van der Waals surface area contributed by atoms with Crippen molar-refractivity contribution >= 4 is 32.9 Å². The molecule has 10 nitrogen and oxygen atoms in total. The van der Waals surface area contributed by atoms with Crippen LogP contribution in [0.1, 0.15) is 16.7 Å². The molecule has 0 N–H and O–H groups in total. The van der Waals surface area contributed by atoms with E-state index in [9.17, 15) is 22.8 Å². The maximum Gasteiger partial charge on any atom is 0.344 e. The molecule has 1 amide bonds. The van der Waals surface area contributed by atoms with Crippen LogP contribution in [-0.2, 0) is 24.3 Å². The molecule has 37 heavy (non-hydrogen) atoms. The summed E-state index contributed by atoms with van der Waals surface area (Å²) in [6.07, 6.45) is 0. The van der Waals surface area contributed by atoms with Crippen LogP contribution in [0, 0.1) is 20.8 Å². The van der Waals surface area contributed by atoms with E-state index < -0.39 is 40.7 Å². The van der Waals surface area contributed by atoms with E-state index in [4.69, 9.17) is 13.9 Å². The number of carbonyl (C=O) groups is 2. The Kier molecular flexibility index (Phi) is 7.65. The van der Waals surface area contributed by atoms with E-state index in [-0.39, 0.29) is 31.1 Å². The highest BCUT2D eigenvalue weighted by Gasteiger charge is 2.31. The van der Waals surface area contributed by atoms with Gasteiger partial charge in [0.1, 0.15) is 11.3 Å². The molecule has 1 aromatic heterocycles. The lowest BCUT2D eigenvalue weighted by atomic mass is 10.1. The molecule has 4 rings (SSSR count). The largest absolute Gasteiger partial charge is 0.482 e. The SMILES string of the molecule is Cc1ccc(S(=O)(=O)N2CCN(C(=O)COC(=O)COc3ccc4c(C)cc(=O)oc4c3)CC2)c(C)c1. The second-order valence-electron chi connectivity index (χ2n) is 8.91. The Bertz CT molecular complexity index is 1500. The van der Waals surface area contributed by atoms with Crippen LogP contribution in [0.25, 0.3) is 11.0 Å². The van der Waals surface area contributed by atoms with Crippen LogP contribution in [0.15, 0.2) is 56.6 Å². The number of piperazine rings is 1. The second kappa shape index (κ2) is 10.7. The molecule has 1 saturated heterocycles. The molecule has 0 saturated carbocycles. The molecule has 0 atom stereocenters. The number of aryl methyl sites for hydroxylation is 3. The minimum absolute atomic E-state index is 0.149. The average molecular weight is 529 g/mol. The van der Waals surface area contributed by atoms with Crippen LogP contribution >= 0.6 is 0 Å². The van der Waals surface area contributed by atoms with Crippen LogP contribution in [0.2, 0.25) is 0 Å². The monoisotopic (exact) mass is 528 g/mol. The van der Waals surface area contributed by atoms with Crippen molar-refractivity contribution in [2.75, 3.05) is 39.4 Å². The van der Waals surface area contributed by atoms with Gasteiger partial charge in [0.05, 0.1) is 4.90 Å². The zero-order chi connectivity index (χ0) is 26.7. The Labute approximate surface area is 214 Å². The van der Waals surface area contributed by atoms with E-state index in [1.807, 2.05) is 13.0 Å².